The molecule has 0 fully saturated rings. The number of benzene rings is 1. The lowest BCUT2D eigenvalue weighted by molar-refractivity contribution is -0.114. The highest BCUT2D eigenvalue weighted by molar-refractivity contribution is 9.10. The van der Waals surface area contributed by atoms with Crippen molar-refractivity contribution >= 4 is 71.0 Å². The van der Waals surface area contributed by atoms with Crippen molar-refractivity contribution in [2.24, 2.45) is 0 Å². The Labute approximate surface area is 217 Å². The number of hydrogen-bond acceptors (Lipinski definition) is 6. The predicted octanol–water partition coefficient (Wildman–Crippen LogP) is 5.04. The molecule has 2 aromatic heterocycles. The molecule has 3 aromatic rings. The fraction of sp³-hybridized carbons (Fsp3) is 0.190. The molecule has 13 heteroatoms. The zero-order valence-corrected chi connectivity index (χ0v) is 22.7. The minimum absolute atomic E-state index is 0.00267. The molecule has 0 bridgehead atoms. The van der Waals surface area contributed by atoms with Crippen LogP contribution >= 0.6 is 43.5 Å². The quantitative estimate of drug-likeness (QED) is 0.336. The third-order valence-electron chi connectivity index (χ3n) is 4.52. The van der Waals surface area contributed by atoms with Gasteiger partial charge in [0, 0.05) is 16.7 Å². The van der Waals surface area contributed by atoms with Gasteiger partial charge in [0.25, 0.3) is 5.91 Å². The first kappa shape index (κ1) is 26.5. The summed E-state index contributed by atoms with van der Waals surface area (Å²) in [6.45, 7) is 3.82. The van der Waals surface area contributed by atoms with Crippen molar-refractivity contribution in [3.05, 3.63) is 67.7 Å². The summed E-state index contributed by atoms with van der Waals surface area (Å²) in [4.78, 5) is 16.7. The SMILES string of the molecule is CCNCS(=O)(=O)c1cc(Br)cc(C)c1NC(=O)/C(F)=C/c1cc(Br)nn1-c1ncccc1Cl. The second-order valence-electron chi connectivity index (χ2n) is 7.02. The number of halogens is 4. The van der Waals surface area contributed by atoms with Crippen LogP contribution in [0.4, 0.5) is 10.1 Å². The number of hydrogen-bond donors (Lipinski definition) is 2. The maximum atomic E-state index is 15.0. The van der Waals surface area contributed by atoms with Gasteiger partial charge in [0.1, 0.15) is 10.5 Å². The van der Waals surface area contributed by atoms with E-state index in [1.54, 1.807) is 32.0 Å². The van der Waals surface area contributed by atoms with Crippen molar-refractivity contribution in [3.63, 3.8) is 0 Å². The Morgan fingerprint density at radius 1 is 1.29 bits per heavy atom. The normalized spacial score (nSPS) is 12.1. The molecule has 0 saturated carbocycles. The number of aryl methyl sites for hydroxylation is 1. The molecule has 3 rings (SSSR count). The van der Waals surface area contributed by atoms with Crippen LogP contribution in [-0.4, -0.2) is 41.5 Å². The first-order chi connectivity index (χ1) is 16.0. The molecule has 0 aliphatic rings. The predicted molar refractivity (Wildman–Crippen MR) is 136 cm³/mol. The molecule has 1 aromatic carbocycles. The molecule has 0 atom stereocenters. The summed E-state index contributed by atoms with van der Waals surface area (Å²) in [5.41, 5.74) is 0.628. The van der Waals surface area contributed by atoms with Gasteiger partial charge in [-0.15, -0.1) is 0 Å². The van der Waals surface area contributed by atoms with Gasteiger partial charge < -0.3 is 10.6 Å². The number of anilines is 1. The summed E-state index contributed by atoms with van der Waals surface area (Å²) in [5.74, 6) is -2.38. The van der Waals surface area contributed by atoms with E-state index in [0.29, 0.717) is 21.2 Å². The van der Waals surface area contributed by atoms with Crippen molar-refractivity contribution in [2.45, 2.75) is 18.7 Å². The molecular weight excluding hydrogens is 617 g/mol. The molecule has 1 amide bonds. The number of sulfone groups is 1. The van der Waals surface area contributed by atoms with Crippen molar-refractivity contribution in [1.82, 2.24) is 20.1 Å². The Morgan fingerprint density at radius 2 is 2.03 bits per heavy atom. The van der Waals surface area contributed by atoms with E-state index < -0.39 is 21.6 Å². The molecule has 0 spiro atoms. The summed E-state index contributed by atoms with van der Waals surface area (Å²) in [6, 6.07) is 7.71. The lowest BCUT2D eigenvalue weighted by atomic mass is 10.2. The number of pyridine rings is 1. The first-order valence-corrected chi connectivity index (χ1v) is 13.4. The van der Waals surface area contributed by atoms with E-state index in [4.69, 9.17) is 11.6 Å². The average Bonchev–Trinajstić information content (AvgIpc) is 3.13. The number of amides is 1. The zero-order valence-electron chi connectivity index (χ0n) is 17.9. The maximum Gasteiger partial charge on any atom is 0.284 e. The van der Waals surface area contributed by atoms with E-state index in [1.165, 1.54) is 23.0 Å². The topological polar surface area (TPSA) is 106 Å². The Morgan fingerprint density at radius 3 is 2.71 bits per heavy atom. The summed E-state index contributed by atoms with van der Waals surface area (Å²) in [6.07, 6.45) is 2.46. The molecule has 2 heterocycles. The van der Waals surface area contributed by atoms with Gasteiger partial charge in [0.05, 0.1) is 21.3 Å². The van der Waals surface area contributed by atoms with Crippen LogP contribution < -0.4 is 10.6 Å². The number of carbonyl (C=O) groups excluding carboxylic acids is 1. The van der Waals surface area contributed by atoms with E-state index in [1.807, 2.05) is 0 Å². The second-order valence-corrected chi connectivity index (χ2v) is 11.1. The van der Waals surface area contributed by atoms with Gasteiger partial charge in [-0.2, -0.15) is 5.10 Å². The molecular formula is C21H19Br2ClFN5O3S. The van der Waals surface area contributed by atoms with Crippen molar-refractivity contribution in [1.29, 1.82) is 0 Å². The van der Waals surface area contributed by atoms with Crippen LogP contribution in [0.2, 0.25) is 5.02 Å². The molecule has 0 unspecified atom stereocenters. The summed E-state index contributed by atoms with van der Waals surface area (Å²) < 4.78 is 42.8. The Kier molecular flexibility index (Phi) is 8.63. The standard InChI is InChI=1S/C21H19Br2ClFN5O3S/c1-3-26-11-34(32,33)17-8-13(22)7-12(2)19(17)28-21(31)16(25)9-14-10-18(23)29-30(14)20-15(24)5-4-6-27-20/h4-10,26H,3,11H2,1-2H3,(H,28,31)/b16-9-. The number of carbonyl (C=O) groups is 1. The lowest BCUT2D eigenvalue weighted by Crippen LogP contribution is -2.24. The van der Waals surface area contributed by atoms with Crippen LogP contribution in [0, 0.1) is 6.92 Å². The van der Waals surface area contributed by atoms with Gasteiger partial charge in [-0.25, -0.2) is 22.5 Å². The van der Waals surface area contributed by atoms with E-state index in [9.17, 15) is 17.6 Å². The highest BCUT2D eigenvalue weighted by Crippen LogP contribution is 2.31. The van der Waals surface area contributed by atoms with Crippen LogP contribution in [0.25, 0.3) is 11.9 Å². The molecule has 0 saturated heterocycles. The van der Waals surface area contributed by atoms with Gasteiger partial charge >= 0.3 is 0 Å². The van der Waals surface area contributed by atoms with E-state index >= 15 is 0 Å². The van der Waals surface area contributed by atoms with Crippen LogP contribution in [-0.2, 0) is 14.6 Å². The van der Waals surface area contributed by atoms with Crippen molar-refractivity contribution in [2.75, 3.05) is 17.7 Å². The Bertz CT molecular complexity index is 1380. The molecule has 180 valence electrons. The molecule has 8 nitrogen and oxygen atoms in total. The molecule has 0 radical (unpaired) electrons. The number of aromatic nitrogens is 3. The maximum absolute atomic E-state index is 15.0. The number of rotatable bonds is 8. The van der Waals surface area contributed by atoms with Gasteiger partial charge in [0.15, 0.2) is 21.5 Å². The molecule has 34 heavy (non-hydrogen) atoms. The van der Waals surface area contributed by atoms with Gasteiger partial charge in [-0.1, -0.05) is 34.5 Å². The van der Waals surface area contributed by atoms with Crippen LogP contribution in [0.1, 0.15) is 18.2 Å². The average molecular weight is 636 g/mol. The molecule has 2 N–H and O–H groups in total. The van der Waals surface area contributed by atoms with Crippen LogP contribution in [0.5, 0.6) is 0 Å². The van der Waals surface area contributed by atoms with Crippen LogP contribution in [0.15, 0.2) is 56.3 Å². The Balaban J connectivity index is 1.97. The first-order valence-electron chi connectivity index (χ1n) is 9.82. The number of nitrogens with one attached hydrogen (secondary N) is 2. The van der Waals surface area contributed by atoms with E-state index in [0.717, 1.165) is 6.08 Å². The smallest absolute Gasteiger partial charge is 0.284 e. The fourth-order valence-electron chi connectivity index (χ4n) is 2.97. The van der Waals surface area contributed by atoms with Crippen molar-refractivity contribution < 1.29 is 17.6 Å². The highest BCUT2D eigenvalue weighted by atomic mass is 79.9. The van der Waals surface area contributed by atoms with E-state index in [2.05, 4.69) is 52.6 Å². The number of nitrogens with zero attached hydrogens (tertiary/aromatic N) is 3. The van der Waals surface area contributed by atoms with Gasteiger partial charge in [-0.05, 0) is 65.3 Å². The van der Waals surface area contributed by atoms with Crippen LogP contribution in [0.3, 0.4) is 0 Å². The highest BCUT2D eigenvalue weighted by Gasteiger charge is 2.23. The fourth-order valence-corrected chi connectivity index (χ4v) is 5.75. The molecule has 0 aliphatic heterocycles. The lowest BCUT2D eigenvalue weighted by Gasteiger charge is -2.15. The van der Waals surface area contributed by atoms with Crippen molar-refractivity contribution in [3.8, 4) is 5.82 Å². The third kappa shape index (κ3) is 6.11. The minimum Gasteiger partial charge on any atom is -0.319 e. The Hall–Kier alpha value is -2.12. The third-order valence-corrected chi connectivity index (χ3v) is 7.23. The zero-order chi connectivity index (χ0) is 25.0. The molecule has 0 aliphatic carbocycles. The second kappa shape index (κ2) is 11.1. The minimum atomic E-state index is -3.81. The van der Waals surface area contributed by atoms with Gasteiger partial charge in [0.2, 0.25) is 0 Å². The monoisotopic (exact) mass is 633 g/mol. The summed E-state index contributed by atoms with van der Waals surface area (Å²) >= 11 is 12.7. The summed E-state index contributed by atoms with van der Waals surface area (Å²) in [5, 5.41) is 9.62. The summed E-state index contributed by atoms with van der Waals surface area (Å²) in [7, 11) is -3.81. The van der Waals surface area contributed by atoms with Gasteiger partial charge in [-0.3, -0.25) is 4.79 Å². The van der Waals surface area contributed by atoms with E-state index in [-0.39, 0.29) is 33.0 Å². The largest absolute Gasteiger partial charge is 0.319 e.